The summed E-state index contributed by atoms with van der Waals surface area (Å²) in [4.78, 5) is 11.6. The van der Waals surface area contributed by atoms with Gasteiger partial charge >= 0.3 is 5.97 Å². The Balaban J connectivity index is 2.26. The second-order valence-corrected chi connectivity index (χ2v) is 4.57. The van der Waals surface area contributed by atoms with Crippen LogP contribution in [0, 0.1) is 0 Å². The van der Waals surface area contributed by atoms with Crippen molar-refractivity contribution in [3.8, 4) is 0 Å². The van der Waals surface area contributed by atoms with Gasteiger partial charge < -0.3 is 10.8 Å². The Labute approximate surface area is 91.1 Å². The highest BCUT2D eigenvalue weighted by molar-refractivity contribution is 7.19. The minimum Gasteiger partial charge on any atom is -0.480 e. The van der Waals surface area contributed by atoms with Gasteiger partial charge in [-0.2, -0.15) is 0 Å². The quantitative estimate of drug-likeness (QED) is 0.831. The smallest absolute Gasteiger partial charge is 0.320 e. The van der Waals surface area contributed by atoms with Crippen LogP contribution < -0.4 is 5.73 Å². The van der Waals surface area contributed by atoms with E-state index in [0.717, 1.165) is 10.3 Å². The lowest BCUT2D eigenvalue weighted by atomic mass is 10.2. The summed E-state index contributed by atoms with van der Waals surface area (Å²) < 4.78 is 1.17. The molecule has 0 aliphatic heterocycles. The monoisotopic (exact) mass is 221 g/mol. The van der Waals surface area contributed by atoms with E-state index in [1.54, 1.807) is 11.3 Å². The molecule has 1 aromatic carbocycles. The Bertz CT molecular complexity index is 459. The van der Waals surface area contributed by atoms with Gasteiger partial charge in [0, 0.05) is 16.0 Å². The molecule has 3 N–H and O–H groups in total. The Hall–Kier alpha value is -1.39. The fraction of sp³-hybridized carbons (Fsp3) is 0.182. The molecule has 2 rings (SSSR count). The standard InChI is InChI=1S/C11H11NO2S/c12-9(11(13)14)6-8-5-7-3-1-2-4-10(7)15-8/h1-5,9H,6,12H2,(H,13,14)/t9-/m0/s1. The number of nitrogens with two attached hydrogens (primary N) is 1. The molecule has 4 heteroatoms. The molecule has 1 heterocycles. The fourth-order valence-electron chi connectivity index (χ4n) is 1.44. The molecule has 1 aromatic heterocycles. The molecule has 0 saturated carbocycles. The van der Waals surface area contributed by atoms with Crippen molar-refractivity contribution in [1.82, 2.24) is 0 Å². The number of thiophene rings is 1. The molecule has 0 radical (unpaired) electrons. The van der Waals surface area contributed by atoms with Gasteiger partial charge in [-0.3, -0.25) is 4.79 Å². The predicted molar refractivity (Wildman–Crippen MR) is 61.1 cm³/mol. The van der Waals surface area contributed by atoms with Crippen molar-refractivity contribution in [2.24, 2.45) is 5.73 Å². The number of benzene rings is 1. The van der Waals surface area contributed by atoms with Crippen LogP contribution in [0.15, 0.2) is 30.3 Å². The molecule has 1 atom stereocenters. The zero-order valence-corrected chi connectivity index (χ0v) is 8.83. The summed E-state index contributed by atoms with van der Waals surface area (Å²) >= 11 is 1.60. The first-order valence-corrected chi connectivity index (χ1v) is 5.44. The molecule has 3 nitrogen and oxygen atoms in total. The van der Waals surface area contributed by atoms with Crippen LogP contribution in [0.3, 0.4) is 0 Å². The molecule has 0 spiro atoms. The number of fused-ring (bicyclic) bond motifs is 1. The highest BCUT2D eigenvalue weighted by atomic mass is 32.1. The van der Waals surface area contributed by atoms with Crippen LogP contribution in [0.4, 0.5) is 0 Å². The minimum absolute atomic E-state index is 0.397. The molecule has 2 aromatic rings. The third kappa shape index (κ3) is 2.16. The summed E-state index contributed by atoms with van der Waals surface area (Å²) in [6.45, 7) is 0. The molecular weight excluding hydrogens is 210 g/mol. The first-order valence-electron chi connectivity index (χ1n) is 4.62. The van der Waals surface area contributed by atoms with E-state index in [1.807, 2.05) is 30.3 Å². The molecule has 0 unspecified atom stereocenters. The van der Waals surface area contributed by atoms with Crippen molar-refractivity contribution >= 4 is 27.4 Å². The van der Waals surface area contributed by atoms with Gasteiger partial charge in [-0.05, 0) is 17.5 Å². The van der Waals surface area contributed by atoms with Crippen molar-refractivity contribution in [2.45, 2.75) is 12.5 Å². The van der Waals surface area contributed by atoms with Crippen LogP contribution >= 0.6 is 11.3 Å². The van der Waals surface area contributed by atoms with Gasteiger partial charge in [-0.1, -0.05) is 18.2 Å². The Morgan fingerprint density at radius 1 is 1.47 bits per heavy atom. The van der Waals surface area contributed by atoms with Crippen molar-refractivity contribution < 1.29 is 9.90 Å². The maximum Gasteiger partial charge on any atom is 0.320 e. The summed E-state index contributed by atoms with van der Waals surface area (Å²) in [6, 6.07) is 9.17. The van der Waals surface area contributed by atoms with Crippen molar-refractivity contribution in [2.75, 3.05) is 0 Å². The fourth-order valence-corrected chi connectivity index (χ4v) is 2.56. The highest BCUT2D eigenvalue weighted by Crippen LogP contribution is 2.25. The molecule has 15 heavy (non-hydrogen) atoms. The maximum atomic E-state index is 10.6. The zero-order chi connectivity index (χ0) is 10.8. The van der Waals surface area contributed by atoms with Gasteiger partial charge in [0.25, 0.3) is 0 Å². The van der Waals surface area contributed by atoms with Crippen LogP contribution in [0.1, 0.15) is 4.88 Å². The summed E-state index contributed by atoms with van der Waals surface area (Å²) in [5.41, 5.74) is 5.48. The van der Waals surface area contributed by atoms with Gasteiger partial charge in [0.2, 0.25) is 0 Å². The van der Waals surface area contributed by atoms with E-state index in [2.05, 4.69) is 0 Å². The average Bonchev–Trinajstić information content (AvgIpc) is 2.59. The van der Waals surface area contributed by atoms with Gasteiger partial charge in [0.1, 0.15) is 6.04 Å². The van der Waals surface area contributed by atoms with Crippen molar-refractivity contribution in [3.05, 3.63) is 35.2 Å². The SMILES string of the molecule is N[C@@H](Cc1cc2ccccc2s1)C(=O)O. The molecule has 0 amide bonds. The second-order valence-electron chi connectivity index (χ2n) is 3.40. The third-order valence-corrected chi connectivity index (χ3v) is 3.35. The topological polar surface area (TPSA) is 63.3 Å². The molecule has 0 aliphatic carbocycles. The molecule has 78 valence electrons. The highest BCUT2D eigenvalue weighted by Gasteiger charge is 2.13. The summed E-state index contributed by atoms with van der Waals surface area (Å²) in [5.74, 6) is -0.951. The number of carbonyl (C=O) groups is 1. The third-order valence-electron chi connectivity index (χ3n) is 2.21. The molecule has 0 aliphatic rings. The van der Waals surface area contributed by atoms with Crippen LogP contribution in [-0.2, 0) is 11.2 Å². The van der Waals surface area contributed by atoms with E-state index in [1.165, 1.54) is 4.70 Å². The van der Waals surface area contributed by atoms with Crippen LogP contribution in [0.25, 0.3) is 10.1 Å². The van der Waals surface area contributed by atoms with E-state index in [0.29, 0.717) is 6.42 Å². The number of hydrogen-bond acceptors (Lipinski definition) is 3. The molecule has 0 saturated heterocycles. The second kappa shape index (κ2) is 4.00. The molecule has 0 bridgehead atoms. The number of carboxylic acid groups (broad SMARTS) is 1. The molecular formula is C11H11NO2S. The first-order chi connectivity index (χ1) is 7.16. The van der Waals surface area contributed by atoms with Gasteiger partial charge in [-0.15, -0.1) is 11.3 Å². The van der Waals surface area contributed by atoms with Crippen molar-refractivity contribution in [1.29, 1.82) is 0 Å². The summed E-state index contributed by atoms with van der Waals surface area (Å²) in [7, 11) is 0. The van der Waals surface area contributed by atoms with E-state index < -0.39 is 12.0 Å². The number of carboxylic acids is 1. The van der Waals surface area contributed by atoms with Gasteiger partial charge in [0.15, 0.2) is 0 Å². The number of aliphatic carboxylic acids is 1. The van der Waals surface area contributed by atoms with Crippen molar-refractivity contribution in [3.63, 3.8) is 0 Å². The van der Waals surface area contributed by atoms with Crippen LogP contribution in [-0.4, -0.2) is 17.1 Å². The Kier molecular flexibility index (Phi) is 2.70. The normalized spacial score (nSPS) is 12.9. The maximum absolute atomic E-state index is 10.6. The lowest BCUT2D eigenvalue weighted by Gasteiger charge is -2.02. The summed E-state index contributed by atoms with van der Waals surface area (Å²) in [6.07, 6.45) is 0.397. The predicted octanol–water partition coefficient (Wildman–Crippen LogP) is 1.86. The van der Waals surface area contributed by atoms with E-state index in [9.17, 15) is 4.79 Å². The minimum atomic E-state index is -0.951. The number of rotatable bonds is 3. The lowest BCUT2D eigenvalue weighted by molar-refractivity contribution is -0.138. The average molecular weight is 221 g/mol. The number of hydrogen-bond donors (Lipinski definition) is 2. The van der Waals surface area contributed by atoms with Gasteiger partial charge in [0.05, 0.1) is 0 Å². The van der Waals surface area contributed by atoms with Crippen LogP contribution in [0.5, 0.6) is 0 Å². The zero-order valence-electron chi connectivity index (χ0n) is 8.01. The van der Waals surface area contributed by atoms with Gasteiger partial charge in [-0.25, -0.2) is 0 Å². The summed E-state index contributed by atoms with van der Waals surface area (Å²) in [5, 5.41) is 9.85. The Morgan fingerprint density at radius 2 is 2.20 bits per heavy atom. The van der Waals surface area contributed by atoms with E-state index in [-0.39, 0.29) is 0 Å². The molecule has 0 fully saturated rings. The lowest BCUT2D eigenvalue weighted by Crippen LogP contribution is -2.31. The van der Waals surface area contributed by atoms with E-state index in [4.69, 9.17) is 10.8 Å². The Morgan fingerprint density at radius 3 is 2.87 bits per heavy atom. The largest absolute Gasteiger partial charge is 0.480 e. The van der Waals surface area contributed by atoms with E-state index >= 15 is 0 Å². The first kappa shape index (κ1) is 10.1. The van der Waals surface area contributed by atoms with Crippen LogP contribution in [0.2, 0.25) is 0 Å².